The lowest BCUT2D eigenvalue weighted by atomic mass is 9.89. The Morgan fingerprint density at radius 2 is 1.74 bits per heavy atom. The van der Waals surface area contributed by atoms with Gasteiger partial charge < -0.3 is 15.5 Å². The highest BCUT2D eigenvalue weighted by molar-refractivity contribution is 7.93. The van der Waals surface area contributed by atoms with E-state index in [0.29, 0.717) is 28.5 Å². The van der Waals surface area contributed by atoms with Crippen LogP contribution >= 0.6 is 23.2 Å². The molecule has 4 atom stereocenters. The van der Waals surface area contributed by atoms with Gasteiger partial charge in [0.1, 0.15) is 18.0 Å². The summed E-state index contributed by atoms with van der Waals surface area (Å²) in [5.74, 6) is 4.62. The van der Waals surface area contributed by atoms with Crippen LogP contribution in [-0.4, -0.2) is 56.0 Å². The maximum Gasteiger partial charge on any atom is 0.253 e. The van der Waals surface area contributed by atoms with Gasteiger partial charge in [-0.3, -0.25) is 9.10 Å². The maximum atomic E-state index is 15.4. The predicted molar refractivity (Wildman–Crippen MR) is 179 cm³/mol. The summed E-state index contributed by atoms with van der Waals surface area (Å²) < 4.78 is 51.1. The van der Waals surface area contributed by atoms with E-state index in [4.69, 9.17) is 33.8 Å². The van der Waals surface area contributed by atoms with Crippen molar-refractivity contribution >= 4 is 50.7 Å². The fourth-order valence-corrected chi connectivity index (χ4v) is 8.46. The Hall–Kier alpha value is -3.58. The number of hydrogen-bond acceptors (Lipinski definition) is 7. The van der Waals surface area contributed by atoms with Gasteiger partial charge in [-0.25, -0.2) is 12.8 Å². The molecule has 0 aromatic heterocycles. The lowest BCUT2D eigenvalue weighted by Gasteiger charge is -2.49. The molecule has 3 fully saturated rings. The minimum atomic E-state index is -3.94. The van der Waals surface area contributed by atoms with E-state index in [9.17, 15) is 13.2 Å². The normalized spacial score (nSPS) is 22.9. The molecule has 248 valence electrons. The summed E-state index contributed by atoms with van der Waals surface area (Å²) in [6.45, 7) is -0.137. The number of hydrazone groups is 1. The smallest absolute Gasteiger partial charge is 0.253 e. The van der Waals surface area contributed by atoms with Gasteiger partial charge in [-0.1, -0.05) is 59.6 Å². The Labute approximate surface area is 283 Å². The van der Waals surface area contributed by atoms with E-state index in [2.05, 4.69) is 15.3 Å². The zero-order valence-corrected chi connectivity index (χ0v) is 28.0. The van der Waals surface area contributed by atoms with E-state index >= 15 is 4.39 Å². The van der Waals surface area contributed by atoms with Crippen LogP contribution in [0.15, 0.2) is 88.1 Å². The molecule has 0 unspecified atom stereocenters. The van der Waals surface area contributed by atoms with Crippen LogP contribution in [-0.2, 0) is 19.6 Å². The van der Waals surface area contributed by atoms with Crippen LogP contribution in [0.1, 0.15) is 55.4 Å². The van der Waals surface area contributed by atoms with Gasteiger partial charge in [0, 0.05) is 23.5 Å². The number of azo groups is 1. The largest absolute Gasteiger partial charge is 0.357 e. The molecule has 10 nitrogen and oxygen atoms in total. The van der Waals surface area contributed by atoms with Crippen LogP contribution in [0.25, 0.3) is 0 Å². The summed E-state index contributed by atoms with van der Waals surface area (Å²) >= 11 is 12.8. The first kappa shape index (κ1) is 33.3. The molecule has 14 heteroatoms. The Morgan fingerprint density at radius 3 is 2.36 bits per heavy atom. The monoisotopic (exact) mass is 700 g/mol. The van der Waals surface area contributed by atoms with Crippen molar-refractivity contribution in [1.29, 1.82) is 0 Å². The number of amidine groups is 1. The van der Waals surface area contributed by atoms with Crippen molar-refractivity contribution < 1.29 is 22.3 Å². The average molecular weight is 702 g/mol. The first-order valence-corrected chi connectivity index (χ1v) is 17.7. The second-order valence-electron chi connectivity index (χ2n) is 12.0. The van der Waals surface area contributed by atoms with Crippen LogP contribution in [0.5, 0.6) is 0 Å². The molecule has 2 saturated carbocycles. The molecule has 1 saturated heterocycles. The Bertz CT molecular complexity index is 1790. The topological polar surface area (TPSA) is 130 Å². The first-order chi connectivity index (χ1) is 22.6. The van der Waals surface area contributed by atoms with E-state index in [0.717, 1.165) is 18.4 Å². The highest BCUT2D eigenvalue weighted by Crippen LogP contribution is 2.49. The van der Waals surface area contributed by atoms with Gasteiger partial charge in [-0.05, 0) is 79.1 Å². The molecule has 2 aliphatic carbocycles. The number of rotatable bonds is 11. The number of nitrogens with two attached hydrogens (primary N) is 1. The zero-order valence-electron chi connectivity index (χ0n) is 25.6. The first-order valence-electron chi connectivity index (χ1n) is 15.4. The number of ether oxygens (including phenoxy) is 1. The standard InChI is InChI=1S/C33H35Cl2FN6O4S/c1-38-40-30(39-37)18-29-33(43)42(31(21-11-13-23(34)14-12-21)32(46-29)22-5-4-6-24(35)17-22)28(20-9-10-20)19-41(47(44,45)25-15-16-25)27-8-3-2-7-26(27)36/h2-8,11-14,17,20,25,28-29,31-32H,9-10,15-16,18-19,37H2,1H3/t28-,29-,31-,32-/m1/s1. The average Bonchev–Trinajstić information content (AvgIpc) is 3.97. The fourth-order valence-electron chi connectivity index (χ4n) is 6.26. The number of sulfonamides is 1. The number of morpholine rings is 1. The molecule has 47 heavy (non-hydrogen) atoms. The van der Waals surface area contributed by atoms with Crippen LogP contribution in [0.4, 0.5) is 10.1 Å². The van der Waals surface area contributed by atoms with E-state index < -0.39 is 51.3 Å². The van der Waals surface area contributed by atoms with E-state index in [1.54, 1.807) is 41.3 Å². The number of benzene rings is 3. The van der Waals surface area contributed by atoms with Crippen molar-refractivity contribution in [2.24, 2.45) is 27.1 Å². The number of anilines is 1. The highest BCUT2D eigenvalue weighted by atomic mass is 35.5. The third-order valence-electron chi connectivity index (χ3n) is 8.80. The molecule has 0 radical (unpaired) electrons. The summed E-state index contributed by atoms with van der Waals surface area (Å²) in [4.78, 5) is 16.5. The zero-order chi connectivity index (χ0) is 33.3. The number of carbonyl (C=O) groups is 1. The van der Waals surface area contributed by atoms with Crippen molar-refractivity contribution in [3.05, 3.63) is 99.8 Å². The van der Waals surface area contributed by atoms with Gasteiger partial charge in [-0.15, -0.1) is 5.11 Å². The van der Waals surface area contributed by atoms with Gasteiger partial charge in [0.25, 0.3) is 5.91 Å². The number of nitrogens with zero attached hydrogens (tertiary/aromatic N) is 5. The van der Waals surface area contributed by atoms with E-state index in [-0.39, 0.29) is 30.4 Å². The molecule has 1 amide bonds. The Morgan fingerprint density at radius 1 is 1.02 bits per heavy atom. The number of para-hydroxylation sites is 1. The summed E-state index contributed by atoms with van der Waals surface area (Å²) in [5.41, 5.74) is 1.38. The second kappa shape index (κ2) is 13.9. The third kappa shape index (κ3) is 7.15. The van der Waals surface area contributed by atoms with Crippen molar-refractivity contribution in [3.63, 3.8) is 0 Å². The lowest BCUT2D eigenvalue weighted by molar-refractivity contribution is -0.178. The molecule has 1 heterocycles. The third-order valence-corrected chi connectivity index (χ3v) is 11.6. The molecule has 0 spiro atoms. The van der Waals surface area contributed by atoms with Gasteiger partial charge >= 0.3 is 0 Å². The van der Waals surface area contributed by atoms with Crippen LogP contribution in [0, 0.1) is 11.7 Å². The lowest BCUT2D eigenvalue weighted by Crippen LogP contribution is -2.59. The van der Waals surface area contributed by atoms with Crippen molar-refractivity contribution in [1.82, 2.24) is 4.90 Å². The van der Waals surface area contributed by atoms with Gasteiger partial charge in [-0.2, -0.15) is 10.2 Å². The fraction of sp³-hybridized carbons (Fsp3) is 0.394. The number of hydrogen-bond donors (Lipinski definition) is 1. The number of carbonyl (C=O) groups excluding carboxylic acids is 1. The molecule has 0 bridgehead atoms. The Kier molecular flexibility index (Phi) is 9.84. The Balaban J connectivity index is 1.51. The van der Waals surface area contributed by atoms with E-state index in [1.165, 1.54) is 29.6 Å². The van der Waals surface area contributed by atoms with Crippen molar-refractivity contribution in [2.75, 3.05) is 17.9 Å². The van der Waals surface area contributed by atoms with E-state index in [1.807, 2.05) is 18.2 Å². The van der Waals surface area contributed by atoms with Gasteiger partial charge in [0.2, 0.25) is 10.0 Å². The molecule has 1 aliphatic heterocycles. The summed E-state index contributed by atoms with van der Waals surface area (Å²) in [6.07, 6.45) is 0.598. The SMILES string of the molecule is CN=NC(C[C@H]1O[C@H](c2cccc(Cl)c2)[C@@H](c2ccc(Cl)cc2)N([C@H](CN(c2ccccc2F)S(=O)(=O)C2CC2)C2CC2)C1=O)=NN. The van der Waals surface area contributed by atoms with Crippen molar-refractivity contribution in [3.8, 4) is 0 Å². The second-order valence-corrected chi connectivity index (χ2v) is 15.0. The number of halogens is 3. The maximum absolute atomic E-state index is 15.4. The van der Waals surface area contributed by atoms with Crippen molar-refractivity contribution in [2.45, 2.75) is 61.6 Å². The predicted octanol–water partition coefficient (Wildman–Crippen LogP) is 6.66. The quantitative estimate of drug-likeness (QED) is 0.0786. The molecule has 2 N–H and O–H groups in total. The van der Waals surface area contributed by atoms with Crippen LogP contribution in [0.3, 0.4) is 0 Å². The minimum Gasteiger partial charge on any atom is -0.357 e. The highest BCUT2D eigenvalue weighted by Gasteiger charge is 2.52. The molecule has 6 rings (SSSR count). The summed E-state index contributed by atoms with van der Waals surface area (Å²) in [7, 11) is -2.47. The summed E-state index contributed by atoms with van der Waals surface area (Å²) in [5, 5.41) is 11.9. The van der Waals surface area contributed by atoms with Gasteiger partial charge in [0.15, 0.2) is 5.84 Å². The molecule has 3 aliphatic rings. The number of amides is 1. The molecule has 3 aromatic rings. The van der Waals surface area contributed by atoms with Crippen LogP contribution in [0.2, 0.25) is 10.0 Å². The molecule has 3 aromatic carbocycles. The van der Waals surface area contributed by atoms with Crippen LogP contribution < -0.4 is 10.1 Å². The summed E-state index contributed by atoms with van der Waals surface area (Å²) in [6, 6.07) is 18.8. The molecular formula is C33H35Cl2FN6O4S. The molecular weight excluding hydrogens is 666 g/mol. The van der Waals surface area contributed by atoms with Gasteiger partial charge in [0.05, 0.1) is 29.6 Å². The minimum absolute atomic E-state index is 0.0438.